The molecule has 15 heavy (non-hydrogen) atoms. The Balaban J connectivity index is 2.05. The lowest BCUT2D eigenvalue weighted by Gasteiger charge is -2.19. The first kappa shape index (κ1) is 10.4. The molecule has 0 spiro atoms. The van der Waals surface area contributed by atoms with Crippen molar-refractivity contribution in [2.45, 2.75) is 25.8 Å². The monoisotopic (exact) mass is 223 g/mol. The lowest BCUT2D eigenvalue weighted by atomic mass is 10.1. The minimum Gasteiger partial charge on any atom is -0.373 e. The molecule has 1 aromatic heterocycles. The van der Waals surface area contributed by atoms with E-state index in [0.717, 1.165) is 30.8 Å². The van der Waals surface area contributed by atoms with Gasteiger partial charge in [0.1, 0.15) is 11.0 Å². The smallest absolute Gasteiger partial charge is 0.129 e. The third kappa shape index (κ3) is 2.93. The van der Waals surface area contributed by atoms with Crippen molar-refractivity contribution in [2.75, 3.05) is 6.54 Å². The lowest BCUT2D eigenvalue weighted by Crippen LogP contribution is -2.33. The largest absolute Gasteiger partial charge is 0.373 e. The Kier molecular flexibility index (Phi) is 3.21. The zero-order valence-corrected chi connectivity index (χ0v) is 9.46. The average Bonchev–Trinajstić information content (AvgIpc) is 2.22. The van der Waals surface area contributed by atoms with Gasteiger partial charge in [0, 0.05) is 19.2 Å². The van der Waals surface area contributed by atoms with E-state index in [2.05, 4.69) is 22.2 Å². The van der Waals surface area contributed by atoms with Gasteiger partial charge in [-0.1, -0.05) is 17.7 Å². The Bertz CT molecular complexity index is 359. The van der Waals surface area contributed by atoms with E-state index in [-0.39, 0.29) is 0 Å². The second-order valence-corrected chi connectivity index (χ2v) is 4.19. The SMILES string of the molecule is CC1CCNC(Cc2ccc(Cl)nc2)=N1. The van der Waals surface area contributed by atoms with Gasteiger partial charge in [-0.15, -0.1) is 0 Å². The number of aliphatic imine (C=N–C) groups is 1. The zero-order valence-electron chi connectivity index (χ0n) is 8.70. The standard InChI is InChI=1S/C11H14ClN3/c1-8-4-5-13-11(15-8)6-9-2-3-10(12)14-7-9/h2-3,7-8H,4-6H2,1H3,(H,13,15). The molecule has 0 aromatic carbocycles. The number of pyridine rings is 1. The van der Waals surface area contributed by atoms with E-state index in [1.165, 1.54) is 0 Å². The van der Waals surface area contributed by atoms with Gasteiger partial charge in [-0.25, -0.2) is 4.98 Å². The number of nitrogens with zero attached hydrogens (tertiary/aromatic N) is 2. The van der Waals surface area contributed by atoms with Crippen LogP contribution in [0.2, 0.25) is 5.15 Å². The van der Waals surface area contributed by atoms with Crippen LogP contribution in [0.1, 0.15) is 18.9 Å². The minimum absolute atomic E-state index is 0.432. The van der Waals surface area contributed by atoms with Crippen molar-refractivity contribution in [1.29, 1.82) is 0 Å². The molecule has 0 fully saturated rings. The van der Waals surface area contributed by atoms with Gasteiger partial charge in [0.15, 0.2) is 0 Å². The number of amidine groups is 1. The number of halogens is 1. The van der Waals surface area contributed by atoms with Gasteiger partial charge in [-0.2, -0.15) is 0 Å². The molecule has 1 unspecified atom stereocenters. The number of rotatable bonds is 2. The van der Waals surface area contributed by atoms with Crippen molar-refractivity contribution in [3.8, 4) is 0 Å². The van der Waals surface area contributed by atoms with Gasteiger partial charge in [0.25, 0.3) is 0 Å². The fourth-order valence-corrected chi connectivity index (χ4v) is 1.73. The quantitative estimate of drug-likeness (QED) is 0.780. The fraction of sp³-hybridized carbons (Fsp3) is 0.455. The average molecular weight is 224 g/mol. The molecule has 1 aromatic rings. The Morgan fingerprint density at radius 3 is 3.07 bits per heavy atom. The number of hydrogen-bond acceptors (Lipinski definition) is 3. The molecule has 0 saturated heterocycles. The molecule has 0 bridgehead atoms. The van der Waals surface area contributed by atoms with Gasteiger partial charge in [0.05, 0.1) is 6.04 Å². The van der Waals surface area contributed by atoms with Gasteiger partial charge < -0.3 is 5.32 Å². The minimum atomic E-state index is 0.432. The maximum absolute atomic E-state index is 5.72. The molecule has 0 aliphatic carbocycles. The van der Waals surface area contributed by atoms with Gasteiger partial charge in [0.2, 0.25) is 0 Å². The highest BCUT2D eigenvalue weighted by Gasteiger charge is 2.10. The predicted octanol–water partition coefficient (Wildman–Crippen LogP) is 2.06. The highest BCUT2D eigenvalue weighted by Crippen LogP contribution is 2.08. The maximum Gasteiger partial charge on any atom is 0.129 e. The topological polar surface area (TPSA) is 37.3 Å². The summed E-state index contributed by atoms with van der Waals surface area (Å²) in [6.45, 7) is 3.15. The van der Waals surface area contributed by atoms with Crippen molar-refractivity contribution >= 4 is 17.4 Å². The van der Waals surface area contributed by atoms with E-state index in [9.17, 15) is 0 Å². The van der Waals surface area contributed by atoms with Crippen molar-refractivity contribution in [1.82, 2.24) is 10.3 Å². The third-order valence-electron chi connectivity index (χ3n) is 2.43. The summed E-state index contributed by atoms with van der Waals surface area (Å²) in [6, 6.07) is 4.23. The molecule has 2 heterocycles. The van der Waals surface area contributed by atoms with E-state index in [4.69, 9.17) is 11.6 Å². The Labute approximate surface area is 94.6 Å². The van der Waals surface area contributed by atoms with Gasteiger partial charge in [-0.05, 0) is 25.0 Å². The first-order valence-electron chi connectivity index (χ1n) is 5.15. The summed E-state index contributed by atoms with van der Waals surface area (Å²) in [6.07, 6.45) is 3.72. The first-order valence-corrected chi connectivity index (χ1v) is 5.53. The molecule has 0 radical (unpaired) electrons. The third-order valence-corrected chi connectivity index (χ3v) is 2.65. The van der Waals surface area contributed by atoms with Crippen LogP contribution in [-0.4, -0.2) is 23.4 Å². The van der Waals surface area contributed by atoms with Crippen LogP contribution in [0.25, 0.3) is 0 Å². The molecule has 1 atom stereocenters. The van der Waals surface area contributed by atoms with Crippen LogP contribution in [0.4, 0.5) is 0 Å². The van der Waals surface area contributed by atoms with E-state index < -0.39 is 0 Å². The van der Waals surface area contributed by atoms with Gasteiger partial charge in [-0.3, -0.25) is 4.99 Å². The Hall–Kier alpha value is -1.09. The highest BCUT2D eigenvalue weighted by atomic mass is 35.5. The summed E-state index contributed by atoms with van der Waals surface area (Å²) >= 11 is 5.72. The molecule has 80 valence electrons. The number of aromatic nitrogens is 1. The van der Waals surface area contributed by atoms with E-state index in [1.54, 1.807) is 6.20 Å². The van der Waals surface area contributed by atoms with Gasteiger partial charge >= 0.3 is 0 Å². The summed E-state index contributed by atoms with van der Waals surface area (Å²) in [5, 5.41) is 3.83. The van der Waals surface area contributed by atoms with Crippen LogP contribution in [0, 0.1) is 0 Å². The Morgan fingerprint density at radius 2 is 2.40 bits per heavy atom. The van der Waals surface area contributed by atoms with Crippen LogP contribution in [0.5, 0.6) is 0 Å². The Morgan fingerprint density at radius 1 is 1.53 bits per heavy atom. The van der Waals surface area contributed by atoms with E-state index in [0.29, 0.717) is 11.2 Å². The highest BCUT2D eigenvalue weighted by molar-refractivity contribution is 6.29. The van der Waals surface area contributed by atoms with Crippen molar-refractivity contribution in [2.24, 2.45) is 4.99 Å². The van der Waals surface area contributed by atoms with Crippen molar-refractivity contribution < 1.29 is 0 Å². The second kappa shape index (κ2) is 4.62. The van der Waals surface area contributed by atoms with Crippen LogP contribution in [-0.2, 0) is 6.42 Å². The molecule has 4 heteroatoms. The van der Waals surface area contributed by atoms with Crippen LogP contribution >= 0.6 is 11.6 Å². The second-order valence-electron chi connectivity index (χ2n) is 3.81. The molecule has 0 amide bonds. The van der Waals surface area contributed by atoms with Crippen molar-refractivity contribution in [3.05, 3.63) is 29.0 Å². The molecule has 3 nitrogen and oxygen atoms in total. The lowest BCUT2D eigenvalue weighted by molar-refractivity contribution is 0.611. The molecular formula is C11H14ClN3. The molecule has 0 saturated carbocycles. The zero-order chi connectivity index (χ0) is 10.7. The fourth-order valence-electron chi connectivity index (χ4n) is 1.61. The molecule has 1 N–H and O–H groups in total. The molecule has 2 rings (SSSR count). The predicted molar refractivity (Wildman–Crippen MR) is 62.5 cm³/mol. The summed E-state index contributed by atoms with van der Waals surface area (Å²) in [5.41, 5.74) is 1.14. The molecule has 1 aliphatic heterocycles. The summed E-state index contributed by atoms with van der Waals surface area (Å²) < 4.78 is 0. The molecular weight excluding hydrogens is 210 g/mol. The van der Waals surface area contributed by atoms with E-state index >= 15 is 0 Å². The van der Waals surface area contributed by atoms with Crippen LogP contribution < -0.4 is 5.32 Å². The summed E-state index contributed by atoms with van der Waals surface area (Å²) in [5.74, 6) is 1.05. The summed E-state index contributed by atoms with van der Waals surface area (Å²) in [7, 11) is 0. The molecule has 1 aliphatic rings. The van der Waals surface area contributed by atoms with E-state index in [1.807, 2.05) is 12.1 Å². The normalized spacial score (nSPS) is 20.7. The maximum atomic E-state index is 5.72. The number of nitrogens with one attached hydrogen (secondary N) is 1. The van der Waals surface area contributed by atoms with Crippen molar-refractivity contribution in [3.63, 3.8) is 0 Å². The van der Waals surface area contributed by atoms with Crippen LogP contribution in [0.3, 0.4) is 0 Å². The summed E-state index contributed by atoms with van der Waals surface area (Å²) in [4.78, 5) is 8.59. The number of hydrogen-bond donors (Lipinski definition) is 1. The van der Waals surface area contributed by atoms with Crippen LogP contribution in [0.15, 0.2) is 23.3 Å². The first-order chi connectivity index (χ1) is 7.24.